The van der Waals surface area contributed by atoms with Gasteiger partial charge in [0.1, 0.15) is 5.75 Å². The number of aromatic nitrogens is 3. The molecule has 0 aliphatic rings. The van der Waals surface area contributed by atoms with Crippen molar-refractivity contribution in [2.24, 2.45) is 0 Å². The Labute approximate surface area is 178 Å². The highest BCUT2D eigenvalue weighted by molar-refractivity contribution is 7.98. The highest BCUT2D eigenvalue weighted by atomic mass is 32.2. The van der Waals surface area contributed by atoms with E-state index in [1.54, 1.807) is 37.2 Å². The first kappa shape index (κ1) is 20.0. The minimum Gasteiger partial charge on any atom is -0.497 e. The molecule has 2 heterocycles. The van der Waals surface area contributed by atoms with Crippen LogP contribution in [0.25, 0.3) is 11.0 Å². The molecule has 30 heavy (non-hydrogen) atoms. The number of thioether (sulfide) groups is 1. The summed E-state index contributed by atoms with van der Waals surface area (Å²) in [5.74, 6) is 1.24. The van der Waals surface area contributed by atoms with Crippen molar-refractivity contribution in [1.82, 2.24) is 14.5 Å². The van der Waals surface area contributed by atoms with Crippen molar-refractivity contribution >= 4 is 28.8 Å². The Balaban J connectivity index is 1.57. The summed E-state index contributed by atoms with van der Waals surface area (Å²) < 4.78 is 12.2. The zero-order chi connectivity index (χ0) is 20.9. The molecule has 0 radical (unpaired) electrons. The Hall–Kier alpha value is -3.32. The van der Waals surface area contributed by atoms with E-state index in [0.29, 0.717) is 12.1 Å². The second-order valence-electron chi connectivity index (χ2n) is 6.67. The van der Waals surface area contributed by atoms with Crippen molar-refractivity contribution in [1.29, 1.82) is 0 Å². The normalized spacial score (nSPS) is 10.9. The van der Waals surface area contributed by atoms with E-state index in [1.165, 1.54) is 7.11 Å². The van der Waals surface area contributed by atoms with Gasteiger partial charge in [0.2, 0.25) is 0 Å². The van der Waals surface area contributed by atoms with Gasteiger partial charge in [0.25, 0.3) is 0 Å². The summed E-state index contributed by atoms with van der Waals surface area (Å²) >= 11 is 1.66. The third-order valence-electron chi connectivity index (χ3n) is 4.76. The lowest BCUT2D eigenvalue weighted by Gasteiger charge is -2.10. The first-order valence-electron chi connectivity index (χ1n) is 9.41. The Morgan fingerprint density at radius 3 is 2.43 bits per heavy atom. The van der Waals surface area contributed by atoms with Crippen LogP contribution in [-0.2, 0) is 17.0 Å². The lowest BCUT2D eigenvalue weighted by Crippen LogP contribution is -2.02. The first-order chi connectivity index (χ1) is 14.7. The number of carbonyl (C=O) groups excluding carboxylic acids is 1. The van der Waals surface area contributed by atoms with Crippen LogP contribution in [0.15, 0.2) is 72.1 Å². The van der Waals surface area contributed by atoms with Gasteiger partial charge in [-0.15, -0.1) is 0 Å². The van der Waals surface area contributed by atoms with E-state index in [1.807, 2.05) is 36.5 Å². The molecule has 0 N–H and O–H groups in total. The molecule has 0 bridgehead atoms. The van der Waals surface area contributed by atoms with E-state index in [0.717, 1.165) is 38.8 Å². The van der Waals surface area contributed by atoms with E-state index in [2.05, 4.69) is 21.7 Å². The van der Waals surface area contributed by atoms with Crippen LogP contribution in [0.4, 0.5) is 0 Å². The Bertz CT molecular complexity index is 1150. The van der Waals surface area contributed by atoms with E-state index in [-0.39, 0.29) is 5.97 Å². The maximum atomic E-state index is 11.6. The molecule has 0 atom stereocenters. The average molecular weight is 420 g/mol. The molecule has 6 nitrogen and oxygen atoms in total. The highest BCUT2D eigenvalue weighted by Crippen LogP contribution is 2.28. The minimum atomic E-state index is -0.331. The van der Waals surface area contributed by atoms with Crippen LogP contribution < -0.4 is 4.74 Å². The van der Waals surface area contributed by atoms with Crippen molar-refractivity contribution in [2.75, 3.05) is 14.2 Å². The number of hydrogen-bond donors (Lipinski definition) is 0. The summed E-state index contributed by atoms with van der Waals surface area (Å²) in [6.45, 7) is 0.690. The van der Waals surface area contributed by atoms with E-state index < -0.39 is 0 Å². The predicted octanol–water partition coefficient (Wildman–Crippen LogP) is 4.57. The lowest BCUT2D eigenvalue weighted by atomic mass is 10.1. The molecule has 0 aliphatic heterocycles. The number of benzene rings is 2. The molecule has 4 aromatic rings. The lowest BCUT2D eigenvalue weighted by molar-refractivity contribution is 0.0600. The number of carbonyl (C=O) groups is 1. The average Bonchev–Trinajstić information content (AvgIpc) is 3.15. The number of fused-ring (bicyclic) bond motifs is 1. The molecule has 0 fully saturated rings. The van der Waals surface area contributed by atoms with Crippen LogP contribution in [0.2, 0.25) is 0 Å². The van der Waals surface area contributed by atoms with Crippen LogP contribution in [0.5, 0.6) is 5.75 Å². The fourth-order valence-corrected chi connectivity index (χ4v) is 4.10. The molecule has 0 aliphatic carbocycles. The summed E-state index contributed by atoms with van der Waals surface area (Å²) in [6, 6.07) is 17.4. The van der Waals surface area contributed by atoms with Gasteiger partial charge in [0, 0.05) is 11.9 Å². The Morgan fingerprint density at radius 1 is 1.00 bits per heavy atom. The van der Waals surface area contributed by atoms with Crippen LogP contribution in [0, 0.1) is 0 Å². The third kappa shape index (κ3) is 4.31. The molecule has 2 aromatic carbocycles. The first-order valence-corrected chi connectivity index (χ1v) is 10.4. The highest BCUT2D eigenvalue weighted by Gasteiger charge is 2.13. The van der Waals surface area contributed by atoms with Gasteiger partial charge in [0.05, 0.1) is 43.6 Å². The summed E-state index contributed by atoms with van der Waals surface area (Å²) in [7, 11) is 3.05. The van der Waals surface area contributed by atoms with Crippen molar-refractivity contribution in [3.8, 4) is 5.75 Å². The number of nitrogens with zero attached hydrogens (tertiary/aromatic N) is 3. The van der Waals surface area contributed by atoms with Crippen LogP contribution in [-0.4, -0.2) is 34.7 Å². The number of rotatable bonds is 7. The summed E-state index contributed by atoms with van der Waals surface area (Å²) in [5, 5.41) is 0.922. The molecule has 0 saturated heterocycles. The SMILES string of the molecule is COC(=O)c1ccc(CSc2nc3ccncc3n2Cc2ccc(OC)cc2)cc1. The fraction of sp³-hybridized carbons (Fsp3) is 0.174. The molecule has 0 spiro atoms. The monoisotopic (exact) mass is 419 g/mol. The molecular weight excluding hydrogens is 398 g/mol. The van der Waals surface area contributed by atoms with Gasteiger partial charge in [-0.3, -0.25) is 4.98 Å². The molecular formula is C23H21N3O3S. The van der Waals surface area contributed by atoms with Gasteiger partial charge in [-0.1, -0.05) is 36.0 Å². The standard InChI is InChI=1S/C23H21N3O3S/c1-28-19-9-5-16(6-10-19)14-26-21-13-24-12-11-20(21)25-23(26)30-15-17-3-7-18(8-4-17)22(27)29-2/h3-13H,14-15H2,1-2H3. The number of hydrogen-bond acceptors (Lipinski definition) is 6. The molecule has 0 amide bonds. The van der Waals surface area contributed by atoms with Gasteiger partial charge in [0.15, 0.2) is 5.16 Å². The number of imidazole rings is 1. The summed E-state index contributed by atoms with van der Waals surface area (Å²) in [4.78, 5) is 20.7. The maximum Gasteiger partial charge on any atom is 0.337 e. The third-order valence-corrected chi connectivity index (χ3v) is 5.81. The quantitative estimate of drug-likeness (QED) is 0.323. The van der Waals surface area contributed by atoms with Crippen LogP contribution >= 0.6 is 11.8 Å². The predicted molar refractivity (Wildman–Crippen MR) is 117 cm³/mol. The second kappa shape index (κ2) is 9.00. The molecule has 152 valence electrons. The van der Waals surface area contributed by atoms with Crippen LogP contribution in [0.3, 0.4) is 0 Å². The fourth-order valence-electron chi connectivity index (χ4n) is 3.13. The van der Waals surface area contributed by atoms with Gasteiger partial charge in [-0.05, 0) is 41.5 Å². The Kier molecular flexibility index (Phi) is 5.99. The van der Waals surface area contributed by atoms with Crippen molar-refractivity contribution in [3.05, 3.63) is 83.7 Å². The smallest absolute Gasteiger partial charge is 0.337 e. The second-order valence-corrected chi connectivity index (χ2v) is 7.61. The van der Waals surface area contributed by atoms with Gasteiger partial charge < -0.3 is 14.0 Å². The van der Waals surface area contributed by atoms with Gasteiger partial charge in [-0.25, -0.2) is 9.78 Å². The Morgan fingerprint density at radius 2 is 1.73 bits per heavy atom. The molecule has 7 heteroatoms. The largest absolute Gasteiger partial charge is 0.497 e. The topological polar surface area (TPSA) is 66.2 Å². The number of esters is 1. The van der Waals surface area contributed by atoms with E-state index in [9.17, 15) is 4.79 Å². The van der Waals surface area contributed by atoms with Crippen molar-refractivity contribution in [3.63, 3.8) is 0 Å². The minimum absolute atomic E-state index is 0.331. The number of ether oxygens (including phenoxy) is 2. The zero-order valence-electron chi connectivity index (χ0n) is 16.7. The molecule has 0 unspecified atom stereocenters. The van der Waals surface area contributed by atoms with Crippen molar-refractivity contribution < 1.29 is 14.3 Å². The number of pyridine rings is 1. The molecule has 0 saturated carbocycles. The van der Waals surface area contributed by atoms with Crippen LogP contribution in [0.1, 0.15) is 21.5 Å². The van der Waals surface area contributed by atoms with Gasteiger partial charge in [-0.2, -0.15) is 0 Å². The van der Waals surface area contributed by atoms with E-state index in [4.69, 9.17) is 14.5 Å². The van der Waals surface area contributed by atoms with Gasteiger partial charge >= 0.3 is 5.97 Å². The maximum absolute atomic E-state index is 11.6. The summed E-state index contributed by atoms with van der Waals surface area (Å²) in [6.07, 6.45) is 3.61. The summed E-state index contributed by atoms with van der Waals surface area (Å²) in [5.41, 5.74) is 4.72. The number of methoxy groups -OCH3 is 2. The zero-order valence-corrected chi connectivity index (χ0v) is 17.6. The molecule has 2 aromatic heterocycles. The van der Waals surface area contributed by atoms with E-state index >= 15 is 0 Å². The molecule has 4 rings (SSSR count). The van der Waals surface area contributed by atoms with Crippen molar-refractivity contribution in [2.45, 2.75) is 17.5 Å².